The maximum Gasteiger partial charge on any atom is 0.252 e. The van der Waals surface area contributed by atoms with E-state index < -0.39 is 0 Å². The molecule has 0 atom stereocenters. The number of nitrogens with zero attached hydrogens (tertiary/aromatic N) is 2. The van der Waals surface area contributed by atoms with E-state index in [0.29, 0.717) is 17.8 Å². The van der Waals surface area contributed by atoms with Gasteiger partial charge in [-0.15, -0.1) is 0 Å². The Morgan fingerprint density at radius 3 is 1.51 bits per heavy atom. The van der Waals surface area contributed by atoms with E-state index in [1.54, 1.807) is 0 Å². The molecular formula is C52H46B2N2S. The first-order valence-electron chi connectivity index (χ1n) is 20.8. The summed E-state index contributed by atoms with van der Waals surface area (Å²) in [6, 6.07) is 51.7. The number of para-hydroxylation sites is 1. The van der Waals surface area contributed by atoms with Crippen LogP contribution >= 0.6 is 11.8 Å². The maximum atomic E-state index is 2.69. The van der Waals surface area contributed by atoms with Gasteiger partial charge in [-0.05, 0) is 110 Å². The zero-order valence-electron chi connectivity index (χ0n) is 33.9. The zero-order chi connectivity index (χ0) is 38.9. The molecule has 4 heterocycles. The van der Waals surface area contributed by atoms with Crippen molar-refractivity contribution in [3.8, 4) is 11.1 Å². The fourth-order valence-corrected chi connectivity index (χ4v) is 11.6. The molecule has 7 aromatic rings. The monoisotopic (exact) mass is 752 g/mol. The summed E-state index contributed by atoms with van der Waals surface area (Å²) >= 11 is 1.98. The third kappa shape index (κ3) is 4.94. The lowest BCUT2D eigenvalue weighted by Crippen LogP contribution is -2.68. The minimum Gasteiger partial charge on any atom is -0.312 e. The summed E-state index contributed by atoms with van der Waals surface area (Å²) < 4.78 is 0. The summed E-state index contributed by atoms with van der Waals surface area (Å²) in [5.74, 6) is 1.24. The molecular weight excluding hydrogens is 706 g/mol. The molecule has 0 saturated heterocycles. The van der Waals surface area contributed by atoms with Crippen LogP contribution in [0, 0.1) is 6.92 Å². The predicted molar refractivity (Wildman–Crippen MR) is 248 cm³/mol. The van der Waals surface area contributed by atoms with Gasteiger partial charge in [0.1, 0.15) is 0 Å². The second-order valence-corrected chi connectivity index (χ2v) is 18.5. The lowest BCUT2D eigenvalue weighted by Gasteiger charge is -2.51. The Morgan fingerprint density at radius 2 is 0.947 bits per heavy atom. The van der Waals surface area contributed by atoms with Gasteiger partial charge in [-0.1, -0.05) is 162 Å². The number of rotatable bonds is 5. The van der Waals surface area contributed by atoms with Gasteiger partial charge in [0.05, 0.1) is 5.69 Å². The van der Waals surface area contributed by atoms with Crippen molar-refractivity contribution in [1.82, 2.24) is 0 Å². The Balaban J connectivity index is 1.38. The van der Waals surface area contributed by atoms with Gasteiger partial charge in [0.25, 0.3) is 6.71 Å². The van der Waals surface area contributed by atoms with Gasteiger partial charge in [-0.3, -0.25) is 0 Å². The fourth-order valence-electron chi connectivity index (χ4n) is 10.3. The van der Waals surface area contributed by atoms with Crippen LogP contribution in [0.5, 0.6) is 0 Å². The summed E-state index contributed by atoms with van der Waals surface area (Å²) in [6.45, 7) is 16.4. The highest BCUT2D eigenvalue weighted by molar-refractivity contribution is 8.00. The lowest BCUT2D eigenvalue weighted by atomic mass is 9.29. The molecule has 57 heavy (non-hydrogen) atoms. The van der Waals surface area contributed by atoms with E-state index in [1.165, 1.54) is 110 Å². The van der Waals surface area contributed by atoms with E-state index in [2.05, 4.69) is 192 Å². The topological polar surface area (TPSA) is 6.48 Å². The van der Waals surface area contributed by atoms with Gasteiger partial charge in [0.2, 0.25) is 6.71 Å². The Morgan fingerprint density at radius 1 is 0.456 bits per heavy atom. The molecule has 0 saturated carbocycles. The second-order valence-electron chi connectivity index (χ2n) is 17.5. The molecule has 5 heteroatoms. The normalized spacial score (nSPS) is 14.1. The lowest BCUT2D eigenvalue weighted by molar-refractivity contribution is 0.867. The highest BCUT2D eigenvalue weighted by Crippen LogP contribution is 2.53. The van der Waals surface area contributed by atoms with E-state index in [0.717, 1.165) is 0 Å². The average Bonchev–Trinajstić information content (AvgIpc) is 3.23. The van der Waals surface area contributed by atoms with E-state index in [-0.39, 0.29) is 13.4 Å². The van der Waals surface area contributed by atoms with Gasteiger partial charge >= 0.3 is 0 Å². The van der Waals surface area contributed by atoms with E-state index >= 15 is 0 Å². The molecule has 0 aliphatic carbocycles. The smallest absolute Gasteiger partial charge is 0.252 e. The molecule has 0 bridgehead atoms. The van der Waals surface area contributed by atoms with Crippen LogP contribution in [0.4, 0.5) is 34.1 Å². The summed E-state index contributed by atoms with van der Waals surface area (Å²) in [4.78, 5) is 8.08. The van der Waals surface area contributed by atoms with E-state index in [4.69, 9.17) is 0 Å². The van der Waals surface area contributed by atoms with Crippen molar-refractivity contribution in [2.75, 3.05) is 9.80 Å². The summed E-state index contributed by atoms with van der Waals surface area (Å²) in [5.41, 5.74) is 24.4. The molecule has 7 aromatic carbocycles. The quantitative estimate of drug-likeness (QED) is 0.162. The minimum absolute atomic E-state index is 0.0565. The average molecular weight is 753 g/mol. The molecule has 0 amide bonds. The van der Waals surface area contributed by atoms with Gasteiger partial charge in [-0.25, -0.2) is 0 Å². The van der Waals surface area contributed by atoms with Crippen LogP contribution in [-0.4, -0.2) is 13.4 Å². The van der Waals surface area contributed by atoms with Crippen LogP contribution < -0.4 is 42.6 Å². The second kappa shape index (κ2) is 12.8. The van der Waals surface area contributed by atoms with Crippen molar-refractivity contribution in [2.24, 2.45) is 0 Å². The molecule has 0 fully saturated rings. The molecule has 0 N–H and O–H groups in total. The van der Waals surface area contributed by atoms with Gasteiger partial charge in [0, 0.05) is 43.8 Å². The third-order valence-corrected chi connectivity index (χ3v) is 14.4. The number of anilines is 6. The minimum atomic E-state index is 0.0565. The first-order chi connectivity index (χ1) is 27.7. The summed E-state index contributed by atoms with van der Waals surface area (Å²) in [6.07, 6.45) is 0. The maximum absolute atomic E-state index is 2.69. The summed E-state index contributed by atoms with van der Waals surface area (Å²) in [5, 5.41) is 0. The Kier molecular flexibility index (Phi) is 7.83. The number of aryl methyl sites for hydroxylation is 1. The molecule has 11 rings (SSSR count). The Labute approximate surface area is 343 Å². The zero-order valence-corrected chi connectivity index (χ0v) is 34.7. The first-order valence-corrected chi connectivity index (χ1v) is 21.7. The van der Waals surface area contributed by atoms with Crippen LogP contribution in [0.2, 0.25) is 0 Å². The molecule has 4 aliphatic heterocycles. The van der Waals surface area contributed by atoms with Crippen molar-refractivity contribution in [2.45, 2.75) is 76.0 Å². The van der Waals surface area contributed by atoms with Crippen molar-refractivity contribution in [1.29, 1.82) is 0 Å². The molecule has 2 nitrogen and oxygen atoms in total. The predicted octanol–water partition coefficient (Wildman–Crippen LogP) is 10.4. The fraction of sp³-hybridized carbons (Fsp3) is 0.192. The van der Waals surface area contributed by atoms with Crippen LogP contribution in [0.15, 0.2) is 143 Å². The van der Waals surface area contributed by atoms with Gasteiger partial charge < -0.3 is 9.80 Å². The van der Waals surface area contributed by atoms with Crippen molar-refractivity contribution >= 4 is 92.1 Å². The number of hydrogen-bond acceptors (Lipinski definition) is 3. The summed E-state index contributed by atoms with van der Waals surface area (Å²) in [7, 11) is 0. The third-order valence-electron chi connectivity index (χ3n) is 13.2. The number of benzene rings is 7. The highest BCUT2D eigenvalue weighted by atomic mass is 32.2. The standard InChI is InChI=1S/C52H46B2N2S/c1-30(2)35-22-25-44-39(27-35)53-38-18-12-14-20-46(38)57-52-47(34-16-9-8-10-17-34)50-48-51(49(52)53)56(44)45-26-23-37(32(5)6)29-41(45)54(48)40-28-36(31(3)4)21-24-43(40)55(50)42-19-13-11-15-33(42)7/h8-32H,1-7H3. The van der Waals surface area contributed by atoms with Crippen molar-refractivity contribution in [3.05, 3.63) is 156 Å². The van der Waals surface area contributed by atoms with E-state index in [9.17, 15) is 0 Å². The molecule has 0 radical (unpaired) electrons. The van der Waals surface area contributed by atoms with Crippen molar-refractivity contribution in [3.63, 3.8) is 0 Å². The number of fused-ring (bicyclic) bond motifs is 10. The molecule has 0 aromatic heterocycles. The van der Waals surface area contributed by atoms with Crippen LogP contribution in [0.1, 0.15) is 81.5 Å². The first kappa shape index (κ1) is 34.8. The largest absolute Gasteiger partial charge is 0.312 e. The van der Waals surface area contributed by atoms with Gasteiger partial charge in [-0.2, -0.15) is 0 Å². The molecule has 0 spiro atoms. The van der Waals surface area contributed by atoms with Gasteiger partial charge in [0.15, 0.2) is 0 Å². The van der Waals surface area contributed by atoms with Crippen LogP contribution in [0.25, 0.3) is 11.1 Å². The number of hydrogen-bond donors (Lipinski definition) is 0. The van der Waals surface area contributed by atoms with Crippen molar-refractivity contribution < 1.29 is 0 Å². The Hall–Kier alpha value is -5.38. The van der Waals surface area contributed by atoms with Crippen LogP contribution in [0.3, 0.4) is 0 Å². The van der Waals surface area contributed by atoms with Crippen LogP contribution in [-0.2, 0) is 0 Å². The highest BCUT2D eigenvalue weighted by Gasteiger charge is 2.52. The SMILES string of the molecule is Cc1ccccc1N1c2ccc(C(C)C)cc2B2c3cc(C(C)C)ccc3N3c4ccc(C(C)C)cc4B4c5ccccc5Sc5c4c3c2c1c5-c1ccccc1. The molecule has 4 aliphatic rings. The molecule has 276 valence electrons. The van der Waals surface area contributed by atoms with E-state index in [1.807, 2.05) is 11.8 Å². The molecule has 0 unspecified atom stereocenters. The Bertz CT molecular complexity index is 2810.